The van der Waals surface area contributed by atoms with Crippen molar-refractivity contribution in [2.24, 2.45) is 0 Å². The second-order valence-corrected chi connectivity index (χ2v) is 5.11. The summed E-state index contributed by atoms with van der Waals surface area (Å²) in [6, 6.07) is 8.02. The van der Waals surface area contributed by atoms with Gasteiger partial charge in [-0.05, 0) is 25.5 Å². The summed E-state index contributed by atoms with van der Waals surface area (Å²) < 4.78 is 5.75. The monoisotopic (exact) mass is 283 g/mol. The van der Waals surface area contributed by atoms with Gasteiger partial charge in [0, 0.05) is 31.0 Å². The molecule has 1 N–H and O–H groups in total. The highest BCUT2D eigenvalue weighted by atomic mass is 16.5. The standard InChI is InChI=1S/C17H21N3O/c1-13(2)12-21-17-7-5-4-6-15(17)9-18-10-16-11-19-14(3)8-20-16/h4-8,11,18H,1,9-10,12H2,2-3H3. The van der Waals surface area contributed by atoms with Crippen molar-refractivity contribution in [2.45, 2.75) is 26.9 Å². The van der Waals surface area contributed by atoms with Crippen molar-refractivity contribution in [1.29, 1.82) is 0 Å². The highest BCUT2D eigenvalue weighted by Crippen LogP contribution is 2.18. The molecule has 0 atom stereocenters. The van der Waals surface area contributed by atoms with E-state index in [2.05, 4.69) is 27.9 Å². The maximum atomic E-state index is 5.75. The molecule has 0 spiro atoms. The average molecular weight is 283 g/mol. The van der Waals surface area contributed by atoms with Gasteiger partial charge in [-0.1, -0.05) is 24.8 Å². The number of nitrogens with zero attached hydrogens (tertiary/aromatic N) is 2. The normalized spacial score (nSPS) is 10.4. The Hall–Kier alpha value is -2.20. The number of nitrogens with one attached hydrogen (secondary N) is 1. The molecule has 1 aromatic carbocycles. The van der Waals surface area contributed by atoms with Crippen molar-refractivity contribution < 1.29 is 4.74 Å². The third-order valence-electron chi connectivity index (χ3n) is 2.90. The Morgan fingerprint density at radius 3 is 2.71 bits per heavy atom. The van der Waals surface area contributed by atoms with E-state index in [0.29, 0.717) is 13.2 Å². The molecule has 2 aromatic rings. The lowest BCUT2D eigenvalue weighted by Crippen LogP contribution is -2.15. The van der Waals surface area contributed by atoms with Crippen molar-refractivity contribution in [3.05, 3.63) is 65.8 Å². The smallest absolute Gasteiger partial charge is 0.124 e. The molecule has 21 heavy (non-hydrogen) atoms. The van der Waals surface area contributed by atoms with Gasteiger partial charge in [-0.25, -0.2) is 0 Å². The minimum absolute atomic E-state index is 0.542. The molecule has 1 aromatic heterocycles. The lowest BCUT2D eigenvalue weighted by atomic mass is 10.2. The number of rotatable bonds is 7. The van der Waals surface area contributed by atoms with Gasteiger partial charge in [0.1, 0.15) is 12.4 Å². The van der Waals surface area contributed by atoms with E-state index >= 15 is 0 Å². The number of aromatic nitrogens is 2. The van der Waals surface area contributed by atoms with Crippen LogP contribution in [0.25, 0.3) is 0 Å². The zero-order chi connectivity index (χ0) is 15.1. The number of hydrogen-bond acceptors (Lipinski definition) is 4. The van der Waals surface area contributed by atoms with Gasteiger partial charge < -0.3 is 10.1 Å². The van der Waals surface area contributed by atoms with Gasteiger partial charge in [-0.15, -0.1) is 0 Å². The molecule has 0 aliphatic carbocycles. The van der Waals surface area contributed by atoms with Crippen molar-refractivity contribution in [3.63, 3.8) is 0 Å². The van der Waals surface area contributed by atoms with E-state index in [1.165, 1.54) is 0 Å². The van der Waals surface area contributed by atoms with Crippen molar-refractivity contribution in [3.8, 4) is 5.75 Å². The van der Waals surface area contributed by atoms with Crippen LogP contribution in [-0.2, 0) is 13.1 Å². The van der Waals surface area contributed by atoms with Crippen molar-refractivity contribution >= 4 is 0 Å². The molecule has 0 saturated carbocycles. The Balaban J connectivity index is 1.90. The molecule has 0 aliphatic rings. The molecule has 2 rings (SSSR count). The van der Waals surface area contributed by atoms with Gasteiger partial charge in [0.05, 0.1) is 11.4 Å². The SMILES string of the molecule is C=C(C)COc1ccccc1CNCc1cnc(C)cn1. The van der Waals surface area contributed by atoms with E-state index in [4.69, 9.17) is 4.74 Å². The molecule has 0 radical (unpaired) electrons. The Kier molecular flexibility index (Phi) is 5.46. The van der Waals surface area contributed by atoms with Crippen LogP contribution >= 0.6 is 0 Å². The third kappa shape index (κ3) is 5.00. The fourth-order valence-electron chi connectivity index (χ4n) is 1.83. The van der Waals surface area contributed by atoms with Gasteiger partial charge in [0.15, 0.2) is 0 Å². The number of hydrogen-bond donors (Lipinski definition) is 1. The van der Waals surface area contributed by atoms with Crippen LogP contribution in [0.1, 0.15) is 23.9 Å². The van der Waals surface area contributed by atoms with Crippen LogP contribution in [0.15, 0.2) is 48.8 Å². The van der Waals surface area contributed by atoms with E-state index in [9.17, 15) is 0 Å². The van der Waals surface area contributed by atoms with E-state index in [1.807, 2.05) is 32.0 Å². The minimum Gasteiger partial charge on any atom is -0.489 e. The Morgan fingerprint density at radius 1 is 1.19 bits per heavy atom. The molecule has 0 amide bonds. The molecule has 0 fully saturated rings. The first kappa shape index (κ1) is 15.2. The van der Waals surface area contributed by atoms with Crippen LogP contribution in [0.2, 0.25) is 0 Å². The largest absolute Gasteiger partial charge is 0.489 e. The number of para-hydroxylation sites is 1. The zero-order valence-electron chi connectivity index (χ0n) is 12.6. The molecule has 0 saturated heterocycles. The fraction of sp³-hybridized carbons (Fsp3) is 0.294. The van der Waals surface area contributed by atoms with Gasteiger partial charge in [-0.3, -0.25) is 9.97 Å². The molecular formula is C17H21N3O. The summed E-state index contributed by atoms with van der Waals surface area (Å²) in [6.07, 6.45) is 3.58. The summed E-state index contributed by atoms with van der Waals surface area (Å²) in [7, 11) is 0. The number of ether oxygens (including phenoxy) is 1. The van der Waals surface area contributed by atoms with E-state index in [1.54, 1.807) is 12.4 Å². The molecular weight excluding hydrogens is 262 g/mol. The van der Waals surface area contributed by atoms with Crippen LogP contribution < -0.4 is 10.1 Å². The second-order valence-electron chi connectivity index (χ2n) is 5.11. The Labute approximate surface area is 125 Å². The van der Waals surface area contributed by atoms with Crippen LogP contribution in [-0.4, -0.2) is 16.6 Å². The fourth-order valence-corrected chi connectivity index (χ4v) is 1.83. The Bertz CT molecular complexity index is 593. The van der Waals surface area contributed by atoms with Crippen LogP contribution in [0.4, 0.5) is 0 Å². The molecule has 4 heteroatoms. The Morgan fingerprint density at radius 2 is 2.00 bits per heavy atom. The number of aryl methyl sites for hydroxylation is 1. The third-order valence-corrected chi connectivity index (χ3v) is 2.90. The topological polar surface area (TPSA) is 47.0 Å². The lowest BCUT2D eigenvalue weighted by Gasteiger charge is -2.12. The first-order chi connectivity index (χ1) is 10.1. The summed E-state index contributed by atoms with van der Waals surface area (Å²) in [5.74, 6) is 0.892. The van der Waals surface area contributed by atoms with Gasteiger partial charge in [-0.2, -0.15) is 0 Å². The van der Waals surface area contributed by atoms with Gasteiger partial charge in [0.2, 0.25) is 0 Å². The second kappa shape index (κ2) is 7.55. The molecule has 1 heterocycles. The lowest BCUT2D eigenvalue weighted by molar-refractivity contribution is 0.347. The first-order valence-electron chi connectivity index (χ1n) is 6.98. The molecule has 0 aliphatic heterocycles. The first-order valence-corrected chi connectivity index (χ1v) is 6.98. The highest BCUT2D eigenvalue weighted by molar-refractivity contribution is 5.33. The minimum atomic E-state index is 0.542. The molecule has 0 unspecified atom stereocenters. The summed E-state index contributed by atoms with van der Waals surface area (Å²) in [4.78, 5) is 8.56. The maximum absolute atomic E-state index is 5.75. The quantitative estimate of drug-likeness (QED) is 0.793. The summed E-state index contributed by atoms with van der Waals surface area (Å²) in [5, 5.41) is 3.36. The van der Waals surface area contributed by atoms with E-state index in [-0.39, 0.29) is 0 Å². The van der Waals surface area contributed by atoms with Crippen molar-refractivity contribution in [1.82, 2.24) is 15.3 Å². The molecule has 0 bridgehead atoms. The zero-order valence-corrected chi connectivity index (χ0v) is 12.6. The molecule has 110 valence electrons. The van der Waals surface area contributed by atoms with Gasteiger partial charge in [0.25, 0.3) is 0 Å². The summed E-state index contributed by atoms with van der Waals surface area (Å²) in [6.45, 7) is 9.69. The van der Waals surface area contributed by atoms with E-state index in [0.717, 1.165) is 34.8 Å². The summed E-state index contributed by atoms with van der Waals surface area (Å²) in [5.41, 5.74) is 3.99. The predicted molar refractivity (Wildman–Crippen MR) is 84.1 cm³/mol. The maximum Gasteiger partial charge on any atom is 0.124 e. The van der Waals surface area contributed by atoms with E-state index < -0.39 is 0 Å². The predicted octanol–water partition coefficient (Wildman–Crippen LogP) is 3.03. The summed E-state index contributed by atoms with van der Waals surface area (Å²) >= 11 is 0. The number of benzene rings is 1. The van der Waals surface area contributed by atoms with Crippen LogP contribution in [0.5, 0.6) is 5.75 Å². The highest BCUT2D eigenvalue weighted by Gasteiger charge is 2.03. The van der Waals surface area contributed by atoms with Gasteiger partial charge >= 0.3 is 0 Å². The van der Waals surface area contributed by atoms with Crippen LogP contribution in [0, 0.1) is 6.92 Å². The van der Waals surface area contributed by atoms with Crippen LogP contribution in [0.3, 0.4) is 0 Å². The van der Waals surface area contributed by atoms with Crippen molar-refractivity contribution in [2.75, 3.05) is 6.61 Å². The average Bonchev–Trinajstić information content (AvgIpc) is 2.48. The molecule has 4 nitrogen and oxygen atoms in total.